The summed E-state index contributed by atoms with van der Waals surface area (Å²) in [7, 11) is -2.42. The molecule has 3 aliphatic carbocycles. The van der Waals surface area contributed by atoms with Crippen molar-refractivity contribution < 1.29 is 92.4 Å². The van der Waals surface area contributed by atoms with Crippen molar-refractivity contribution in [1.29, 1.82) is 0 Å². The second kappa shape index (κ2) is 13.6. The largest absolute Gasteiger partial charge is 0.455 e. The third-order valence-electron chi connectivity index (χ3n) is 12.2. The molecule has 1 aromatic carbocycles. The zero-order chi connectivity index (χ0) is 34.0. The molecule has 2 saturated carbocycles. The normalized spacial score (nSPS) is 37.6. The molecule has 6 unspecified atom stereocenters. The predicted molar refractivity (Wildman–Crippen MR) is 171 cm³/mol. The first-order valence-corrected chi connectivity index (χ1v) is 19.1. The number of aliphatic hydroxyl groups is 3. The Kier molecular flexibility index (Phi) is 11.3. The van der Waals surface area contributed by atoms with Gasteiger partial charge < -0.3 is 34.0 Å². The van der Waals surface area contributed by atoms with Crippen LogP contribution in [0.3, 0.4) is 0 Å². The standard InChI is InChI=1S/C35H50O10Si.Ac/c1-9-46(10-2,11-3)45-24-17-25-34(40,19-42-25)28-30(44-31(39)22-15-13-12-14-16-22)35(41)18-23(37)20(4)26(32(35,6)7)27(43-21(5)36)29(38)33(24,28)8;/h12-16,23-25,27-28,30,37,40-41H,9-11,17-19H2,1-8H3;/t23?,24-,25?,27?,28?,30-,33+,34?,35?;/m0./s1. The summed E-state index contributed by atoms with van der Waals surface area (Å²) in [4.78, 5) is 42.0. The molecule has 5 rings (SSSR count). The van der Waals surface area contributed by atoms with Crippen LogP contribution in [0.2, 0.25) is 18.1 Å². The molecule has 0 spiro atoms. The minimum atomic E-state index is -2.42. The van der Waals surface area contributed by atoms with Crippen molar-refractivity contribution in [2.45, 2.75) is 128 Å². The molecule has 0 aromatic heterocycles. The van der Waals surface area contributed by atoms with E-state index >= 15 is 4.79 Å². The molecule has 1 aromatic rings. The minimum Gasteiger partial charge on any atom is -0.455 e. The summed E-state index contributed by atoms with van der Waals surface area (Å²) < 4.78 is 25.3. The number of ether oxygens (including phenoxy) is 3. The van der Waals surface area contributed by atoms with Gasteiger partial charge in [0.2, 0.25) is 0 Å². The number of benzene rings is 1. The number of hydrogen-bond acceptors (Lipinski definition) is 10. The molecule has 1 saturated heterocycles. The van der Waals surface area contributed by atoms with E-state index in [0.717, 1.165) is 18.1 Å². The van der Waals surface area contributed by atoms with Crippen molar-refractivity contribution in [1.82, 2.24) is 0 Å². The maximum absolute atomic E-state index is 15.4. The molecule has 1 heterocycles. The second-order valence-electron chi connectivity index (χ2n) is 14.5. The first kappa shape index (κ1) is 38.8. The average molecular weight is 886 g/mol. The van der Waals surface area contributed by atoms with E-state index in [1.165, 1.54) is 6.92 Å². The molecule has 47 heavy (non-hydrogen) atoms. The molecule has 9 atom stereocenters. The molecule has 1 aliphatic heterocycles. The molecular weight excluding hydrogens is 835 g/mol. The summed E-state index contributed by atoms with van der Waals surface area (Å²) in [5, 5.41) is 37.0. The van der Waals surface area contributed by atoms with Gasteiger partial charge >= 0.3 is 11.9 Å². The number of Topliss-reactive ketones (excluding diaryl/α,β-unsaturated/α-hetero) is 1. The van der Waals surface area contributed by atoms with E-state index in [9.17, 15) is 24.9 Å². The SMILES string of the molecule is CC[Si](CC)(CC)O[C@H]1CC2OCC2(O)C2[C@H](OC(=O)c3ccccc3)C3(O)CC(O)C(C)=C(C(OC(C)=O)C(=O)[C@@]21C)C3(C)C.[Ac]. The molecule has 12 heteroatoms. The fourth-order valence-electron chi connectivity index (χ4n) is 8.96. The van der Waals surface area contributed by atoms with Crippen LogP contribution in [0.25, 0.3) is 0 Å². The minimum absolute atomic E-state index is 0. The smallest absolute Gasteiger partial charge is 0.338 e. The second-order valence-corrected chi connectivity index (χ2v) is 19.3. The van der Waals surface area contributed by atoms with Crippen molar-refractivity contribution in [3.63, 3.8) is 0 Å². The van der Waals surface area contributed by atoms with Gasteiger partial charge in [0.05, 0.1) is 35.9 Å². The van der Waals surface area contributed by atoms with Crippen LogP contribution in [0.15, 0.2) is 41.5 Å². The van der Waals surface area contributed by atoms with Crippen molar-refractivity contribution in [2.24, 2.45) is 16.7 Å². The van der Waals surface area contributed by atoms with E-state index in [2.05, 4.69) is 20.8 Å². The Labute approximate surface area is 314 Å². The van der Waals surface area contributed by atoms with E-state index in [1.54, 1.807) is 58.0 Å². The van der Waals surface area contributed by atoms with Crippen molar-refractivity contribution >= 4 is 26.0 Å². The van der Waals surface area contributed by atoms with Crippen molar-refractivity contribution in [3.8, 4) is 0 Å². The van der Waals surface area contributed by atoms with E-state index in [1.807, 2.05) is 0 Å². The van der Waals surface area contributed by atoms with Gasteiger partial charge in [-0.3, -0.25) is 9.59 Å². The van der Waals surface area contributed by atoms with E-state index < -0.39 is 84.5 Å². The van der Waals surface area contributed by atoms with Gasteiger partial charge in [-0.2, -0.15) is 0 Å². The number of fused-ring (bicyclic) bond motifs is 5. The maximum Gasteiger partial charge on any atom is 0.338 e. The summed E-state index contributed by atoms with van der Waals surface area (Å²) in [6.45, 7) is 14.1. The van der Waals surface area contributed by atoms with Crippen molar-refractivity contribution in [2.75, 3.05) is 6.61 Å². The Balaban J connectivity index is 0.00000500. The number of hydrogen-bond donors (Lipinski definition) is 3. The first-order valence-electron chi connectivity index (χ1n) is 16.6. The van der Waals surface area contributed by atoms with Gasteiger partial charge in [-0.15, -0.1) is 0 Å². The topological polar surface area (TPSA) is 149 Å². The molecular formula is C35H50AcO10Si. The van der Waals surface area contributed by atoms with Gasteiger partial charge in [0.25, 0.3) is 0 Å². The molecule has 10 nitrogen and oxygen atoms in total. The summed E-state index contributed by atoms with van der Waals surface area (Å²) in [5.74, 6) is -3.22. The molecule has 257 valence electrons. The predicted octanol–water partition coefficient (Wildman–Crippen LogP) is 4.11. The monoisotopic (exact) mass is 885 g/mol. The first-order chi connectivity index (χ1) is 21.5. The third kappa shape index (κ3) is 5.88. The fraction of sp³-hybridized carbons (Fsp3) is 0.686. The van der Waals surface area contributed by atoms with Crippen LogP contribution >= 0.6 is 0 Å². The Bertz CT molecular complexity index is 1400. The van der Waals surface area contributed by atoms with Crippen LogP contribution in [0.1, 0.15) is 78.6 Å². The average Bonchev–Trinajstić information content (AvgIpc) is 3.01. The number of esters is 2. The number of carbonyl (C=O) groups is 3. The molecule has 1 radical (unpaired) electrons. The summed E-state index contributed by atoms with van der Waals surface area (Å²) in [6, 6.07) is 10.7. The van der Waals surface area contributed by atoms with Crippen LogP contribution in [-0.4, -0.2) is 89.7 Å². The van der Waals surface area contributed by atoms with Gasteiger partial charge in [0.1, 0.15) is 17.3 Å². The van der Waals surface area contributed by atoms with Crippen LogP contribution in [-0.2, 0) is 28.2 Å². The van der Waals surface area contributed by atoms with Crippen LogP contribution in [0.4, 0.5) is 0 Å². The van der Waals surface area contributed by atoms with E-state index in [4.69, 9.17) is 18.6 Å². The van der Waals surface area contributed by atoms with Crippen molar-refractivity contribution in [3.05, 3.63) is 47.0 Å². The molecule has 4 aliphatic rings. The van der Waals surface area contributed by atoms with Gasteiger partial charge in [0, 0.05) is 75.2 Å². The van der Waals surface area contributed by atoms with Gasteiger partial charge in [-0.05, 0) is 55.3 Å². The Morgan fingerprint density at radius 1 is 1.02 bits per heavy atom. The molecule has 3 N–H and O–H groups in total. The summed E-state index contributed by atoms with van der Waals surface area (Å²) in [6.07, 6.45) is -5.86. The zero-order valence-electron chi connectivity index (χ0n) is 28.9. The van der Waals surface area contributed by atoms with E-state index in [0.29, 0.717) is 5.57 Å². The van der Waals surface area contributed by atoms with Gasteiger partial charge in [-0.1, -0.05) is 52.8 Å². The number of ketones is 1. The van der Waals surface area contributed by atoms with Gasteiger partial charge in [0.15, 0.2) is 20.2 Å². The summed E-state index contributed by atoms with van der Waals surface area (Å²) in [5.41, 5.74) is -5.82. The summed E-state index contributed by atoms with van der Waals surface area (Å²) >= 11 is 0. The Morgan fingerprint density at radius 2 is 1.62 bits per heavy atom. The Hall–Kier alpha value is -0.972. The quantitative estimate of drug-likeness (QED) is 0.198. The van der Waals surface area contributed by atoms with Crippen LogP contribution < -0.4 is 0 Å². The molecule has 3 fully saturated rings. The third-order valence-corrected chi connectivity index (χ3v) is 16.8. The number of rotatable bonds is 8. The maximum atomic E-state index is 15.4. The van der Waals surface area contributed by atoms with Crippen LogP contribution in [0, 0.1) is 60.8 Å². The van der Waals surface area contributed by atoms with Gasteiger partial charge in [-0.25, -0.2) is 4.79 Å². The van der Waals surface area contributed by atoms with Crippen LogP contribution in [0.5, 0.6) is 0 Å². The Morgan fingerprint density at radius 3 is 2.13 bits per heavy atom. The number of carbonyl (C=O) groups excluding carboxylic acids is 3. The van der Waals surface area contributed by atoms with E-state index in [-0.39, 0.29) is 74.6 Å². The fourth-order valence-corrected chi connectivity index (χ4v) is 11.9. The molecule has 2 bridgehead atoms. The molecule has 0 amide bonds. The zero-order valence-corrected chi connectivity index (χ0v) is 34.6. The number of aliphatic hydroxyl groups excluding tert-OH is 1.